The van der Waals surface area contributed by atoms with Crippen molar-refractivity contribution in [3.05, 3.63) is 64.7 Å². The zero-order chi connectivity index (χ0) is 21.4. The average molecular weight is 397 g/mol. The number of benzene rings is 2. The maximum atomic E-state index is 13.0. The van der Waals surface area contributed by atoms with Crippen molar-refractivity contribution < 1.29 is 19.1 Å². The predicted octanol–water partition coefficient (Wildman–Crippen LogP) is 6.25. The molecule has 0 saturated carbocycles. The fourth-order valence-electron chi connectivity index (χ4n) is 3.14. The van der Waals surface area contributed by atoms with Gasteiger partial charge in [0, 0.05) is 5.56 Å². The first kappa shape index (κ1) is 22.7. The highest BCUT2D eigenvalue weighted by atomic mass is 16.5. The van der Waals surface area contributed by atoms with Gasteiger partial charge in [0.15, 0.2) is 0 Å². The predicted molar refractivity (Wildman–Crippen MR) is 116 cm³/mol. The molecule has 0 radical (unpaired) electrons. The molecule has 2 aromatic carbocycles. The molecule has 0 aliphatic heterocycles. The van der Waals surface area contributed by atoms with Crippen LogP contribution in [0.2, 0.25) is 0 Å². The highest BCUT2D eigenvalue weighted by Crippen LogP contribution is 2.34. The lowest BCUT2D eigenvalue weighted by molar-refractivity contribution is 0.0489. The van der Waals surface area contributed by atoms with E-state index in [2.05, 4.69) is 27.7 Å². The fourth-order valence-corrected chi connectivity index (χ4v) is 3.14. The Labute approximate surface area is 174 Å². The molecule has 0 aliphatic carbocycles. The van der Waals surface area contributed by atoms with Crippen molar-refractivity contribution in [2.24, 2.45) is 0 Å². The van der Waals surface area contributed by atoms with Gasteiger partial charge in [-0.25, -0.2) is 9.59 Å². The van der Waals surface area contributed by atoms with E-state index in [1.54, 1.807) is 24.3 Å². The maximum Gasteiger partial charge on any atom is 0.344 e. The number of para-hydroxylation sites is 1. The summed E-state index contributed by atoms with van der Waals surface area (Å²) in [6.07, 6.45) is 4.09. The van der Waals surface area contributed by atoms with Gasteiger partial charge in [0.05, 0.1) is 17.7 Å². The molecule has 4 nitrogen and oxygen atoms in total. The van der Waals surface area contributed by atoms with Crippen LogP contribution in [0.5, 0.6) is 5.75 Å². The van der Waals surface area contributed by atoms with Gasteiger partial charge < -0.3 is 9.47 Å². The molecule has 0 aliphatic rings. The Kier molecular flexibility index (Phi) is 8.00. The molecular weight excluding hydrogens is 364 g/mol. The van der Waals surface area contributed by atoms with Gasteiger partial charge in [0.1, 0.15) is 5.75 Å². The van der Waals surface area contributed by atoms with Crippen molar-refractivity contribution in [3.63, 3.8) is 0 Å². The highest BCUT2D eigenvalue weighted by Gasteiger charge is 2.24. The van der Waals surface area contributed by atoms with Gasteiger partial charge >= 0.3 is 11.9 Å². The number of ether oxygens (including phenoxy) is 2. The summed E-state index contributed by atoms with van der Waals surface area (Å²) in [5.74, 6) is -0.494. The number of carbonyl (C=O) groups excluding carboxylic acids is 2. The van der Waals surface area contributed by atoms with Gasteiger partial charge in [-0.15, -0.1) is 0 Å². The topological polar surface area (TPSA) is 52.6 Å². The minimum Gasteiger partial charge on any atom is -0.462 e. The molecule has 0 unspecified atom stereocenters. The van der Waals surface area contributed by atoms with Crippen molar-refractivity contribution >= 4 is 11.9 Å². The van der Waals surface area contributed by atoms with Crippen LogP contribution in [-0.4, -0.2) is 18.5 Å². The Bertz CT molecular complexity index is 846. The number of carbonyl (C=O) groups is 2. The molecule has 0 atom stereocenters. The molecule has 0 aromatic heterocycles. The van der Waals surface area contributed by atoms with E-state index in [-0.39, 0.29) is 16.5 Å². The van der Waals surface area contributed by atoms with Crippen molar-refractivity contribution in [1.82, 2.24) is 0 Å². The summed E-state index contributed by atoms with van der Waals surface area (Å²) in [5.41, 5.74) is 2.09. The van der Waals surface area contributed by atoms with Crippen LogP contribution < -0.4 is 4.74 Å². The lowest BCUT2D eigenvalue weighted by Crippen LogP contribution is -2.19. The lowest BCUT2D eigenvalue weighted by Gasteiger charge is -2.23. The molecule has 0 fully saturated rings. The quantitative estimate of drug-likeness (QED) is 0.301. The summed E-state index contributed by atoms with van der Waals surface area (Å²) in [6, 6.07) is 12.5. The van der Waals surface area contributed by atoms with Gasteiger partial charge in [0.25, 0.3) is 0 Å². The van der Waals surface area contributed by atoms with E-state index in [9.17, 15) is 9.59 Å². The molecule has 0 N–H and O–H groups in total. The smallest absolute Gasteiger partial charge is 0.344 e. The molecule has 0 bridgehead atoms. The Hall–Kier alpha value is -2.62. The van der Waals surface area contributed by atoms with E-state index in [1.807, 2.05) is 25.1 Å². The van der Waals surface area contributed by atoms with Crippen LogP contribution in [0.15, 0.2) is 42.5 Å². The average Bonchev–Trinajstić information content (AvgIpc) is 2.68. The molecule has 0 spiro atoms. The number of aryl methyl sites for hydroxylation is 1. The Morgan fingerprint density at radius 3 is 2.14 bits per heavy atom. The van der Waals surface area contributed by atoms with Crippen molar-refractivity contribution in [1.29, 1.82) is 0 Å². The highest BCUT2D eigenvalue weighted by molar-refractivity contribution is 6.03. The molecule has 0 heterocycles. The van der Waals surface area contributed by atoms with Gasteiger partial charge in [-0.1, -0.05) is 77.3 Å². The van der Waals surface area contributed by atoms with Crippen LogP contribution >= 0.6 is 0 Å². The van der Waals surface area contributed by atoms with E-state index in [0.717, 1.165) is 36.8 Å². The minimum absolute atomic E-state index is 0.182. The van der Waals surface area contributed by atoms with Crippen molar-refractivity contribution in [3.8, 4) is 5.75 Å². The zero-order valence-electron chi connectivity index (χ0n) is 18.2. The molecule has 0 saturated heterocycles. The summed E-state index contributed by atoms with van der Waals surface area (Å²) in [5, 5.41) is 0. The molecular formula is C25H32O4. The van der Waals surface area contributed by atoms with Crippen LogP contribution in [0.25, 0.3) is 0 Å². The molecule has 29 heavy (non-hydrogen) atoms. The third-order valence-electron chi connectivity index (χ3n) is 4.81. The summed E-state index contributed by atoms with van der Waals surface area (Å²) in [4.78, 5) is 25.5. The zero-order valence-corrected chi connectivity index (χ0v) is 18.2. The maximum absolute atomic E-state index is 13.0. The standard InChI is InChI=1S/C25H32O4/c1-6-7-8-11-17-28-23(26)19-14-9-10-15-20(19)24(27)29-22-18(2)13-12-16-21(22)25(3,4)5/h9-10,12-16H,6-8,11,17H2,1-5H3. The molecule has 156 valence electrons. The van der Waals surface area contributed by atoms with E-state index in [0.29, 0.717) is 12.4 Å². The van der Waals surface area contributed by atoms with E-state index in [4.69, 9.17) is 9.47 Å². The van der Waals surface area contributed by atoms with Gasteiger partial charge in [-0.3, -0.25) is 0 Å². The monoisotopic (exact) mass is 396 g/mol. The summed E-state index contributed by atoms with van der Waals surface area (Å²) < 4.78 is 11.2. The normalized spacial score (nSPS) is 11.2. The lowest BCUT2D eigenvalue weighted by atomic mass is 9.85. The third-order valence-corrected chi connectivity index (χ3v) is 4.81. The minimum atomic E-state index is -0.552. The number of rotatable bonds is 8. The summed E-state index contributed by atoms with van der Waals surface area (Å²) >= 11 is 0. The SMILES string of the molecule is CCCCCCOC(=O)c1ccccc1C(=O)Oc1c(C)cccc1C(C)(C)C. The summed E-state index contributed by atoms with van der Waals surface area (Å²) in [7, 11) is 0. The number of esters is 2. The van der Waals surface area contributed by atoms with Crippen molar-refractivity contribution in [2.45, 2.75) is 65.7 Å². The molecule has 2 rings (SSSR count). The third kappa shape index (κ3) is 6.18. The van der Waals surface area contributed by atoms with Gasteiger partial charge in [-0.2, -0.15) is 0 Å². The van der Waals surface area contributed by atoms with Gasteiger partial charge in [-0.05, 0) is 36.5 Å². The van der Waals surface area contributed by atoms with Crippen LogP contribution in [0.1, 0.15) is 85.2 Å². The van der Waals surface area contributed by atoms with Crippen LogP contribution in [-0.2, 0) is 10.2 Å². The van der Waals surface area contributed by atoms with E-state index >= 15 is 0 Å². The number of hydrogen-bond donors (Lipinski definition) is 0. The summed E-state index contributed by atoms with van der Waals surface area (Å²) in [6.45, 7) is 10.6. The largest absolute Gasteiger partial charge is 0.462 e. The second kappa shape index (κ2) is 10.2. The first-order valence-corrected chi connectivity index (χ1v) is 10.3. The molecule has 2 aromatic rings. The Balaban J connectivity index is 2.20. The number of unbranched alkanes of at least 4 members (excludes halogenated alkanes) is 3. The van der Waals surface area contributed by atoms with Gasteiger partial charge in [0.2, 0.25) is 0 Å². The van der Waals surface area contributed by atoms with Crippen LogP contribution in [0.4, 0.5) is 0 Å². The number of hydrogen-bond acceptors (Lipinski definition) is 4. The molecule has 0 amide bonds. The van der Waals surface area contributed by atoms with Crippen LogP contribution in [0.3, 0.4) is 0 Å². The van der Waals surface area contributed by atoms with E-state index < -0.39 is 11.9 Å². The van der Waals surface area contributed by atoms with Crippen LogP contribution in [0, 0.1) is 6.92 Å². The van der Waals surface area contributed by atoms with Crippen molar-refractivity contribution in [2.75, 3.05) is 6.61 Å². The Morgan fingerprint density at radius 2 is 1.52 bits per heavy atom. The van der Waals surface area contributed by atoms with E-state index in [1.165, 1.54) is 0 Å². The first-order valence-electron chi connectivity index (χ1n) is 10.3. The first-order chi connectivity index (χ1) is 13.8. The second-order valence-electron chi connectivity index (χ2n) is 8.33. The fraction of sp³-hybridized carbons (Fsp3) is 0.440. The molecule has 4 heteroatoms. The Morgan fingerprint density at radius 1 is 0.862 bits per heavy atom. The second-order valence-corrected chi connectivity index (χ2v) is 8.33.